The summed E-state index contributed by atoms with van der Waals surface area (Å²) in [5.41, 5.74) is 2.98. The molecule has 29 heavy (non-hydrogen) atoms. The topological polar surface area (TPSA) is 76.5 Å². The Morgan fingerprint density at radius 3 is 2.55 bits per heavy atom. The molecule has 0 bridgehead atoms. The maximum atomic E-state index is 12.9. The molecule has 0 atom stereocenters. The second-order valence-corrected chi connectivity index (χ2v) is 7.08. The number of anilines is 2. The van der Waals surface area contributed by atoms with E-state index < -0.39 is 5.91 Å². The van der Waals surface area contributed by atoms with Crippen molar-refractivity contribution in [3.8, 4) is 0 Å². The van der Waals surface area contributed by atoms with Crippen LogP contribution in [0.15, 0.2) is 47.4 Å². The normalized spacial score (nSPS) is 14.2. The predicted octanol–water partition coefficient (Wildman–Crippen LogP) is 2.81. The van der Waals surface area contributed by atoms with Crippen LogP contribution in [-0.4, -0.2) is 41.8 Å². The van der Waals surface area contributed by atoms with E-state index >= 15 is 0 Å². The van der Waals surface area contributed by atoms with Crippen LogP contribution in [0.2, 0.25) is 0 Å². The number of hydrogen-bond acceptors (Lipinski definition) is 5. The zero-order chi connectivity index (χ0) is 20.4. The van der Waals surface area contributed by atoms with Gasteiger partial charge in [-0.2, -0.15) is 0 Å². The average molecular weight is 392 g/mol. The van der Waals surface area contributed by atoms with Crippen molar-refractivity contribution in [1.29, 1.82) is 0 Å². The number of amides is 1. The van der Waals surface area contributed by atoms with E-state index in [2.05, 4.69) is 15.2 Å². The van der Waals surface area contributed by atoms with Crippen molar-refractivity contribution in [3.63, 3.8) is 0 Å². The number of fused-ring (bicyclic) bond motifs is 1. The zero-order valence-corrected chi connectivity index (χ0v) is 16.6. The minimum Gasteiger partial charge on any atom is -0.378 e. The van der Waals surface area contributed by atoms with Gasteiger partial charge in [0.05, 0.1) is 18.6 Å². The molecule has 1 amide bonds. The Balaban J connectivity index is 1.60. The van der Waals surface area contributed by atoms with Crippen LogP contribution in [-0.2, 0) is 11.3 Å². The standard InChI is InChI=1S/C22H24N4O3/c1-3-25-14-19(20(27)18-9-4-15(2)23-21(18)25)22(28)24-16-5-7-17(8-6-16)26-10-12-29-13-11-26/h4-9,14H,3,10-13H2,1-2H3,(H,24,28). The number of ether oxygens (including phenoxy) is 1. The molecule has 0 radical (unpaired) electrons. The van der Waals surface area contributed by atoms with Crippen molar-refractivity contribution in [2.75, 3.05) is 36.5 Å². The van der Waals surface area contributed by atoms with Gasteiger partial charge in [-0.3, -0.25) is 9.59 Å². The first kappa shape index (κ1) is 19.1. The molecule has 0 saturated carbocycles. The van der Waals surface area contributed by atoms with Gasteiger partial charge in [0.25, 0.3) is 5.91 Å². The van der Waals surface area contributed by atoms with Gasteiger partial charge in [0.2, 0.25) is 5.43 Å². The van der Waals surface area contributed by atoms with E-state index in [0.29, 0.717) is 23.3 Å². The third kappa shape index (κ3) is 3.86. The molecule has 1 saturated heterocycles. The van der Waals surface area contributed by atoms with E-state index in [4.69, 9.17) is 4.74 Å². The Bertz CT molecular complexity index is 1100. The molecular weight excluding hydrogens is 368 g/mol. The number of rotatable bonds is 4. The fourth-order valence-corrected chi connectivity index (χ4v) is 3.54. The predicted molar refractivity (Wildman–Crippen MR) is 114 cm³/mol. The van der Waals surface area contributed by atoms with Crippen molar-refractivity contribution >= 4 is 28.3 Å². The molecule has 4 rings (SSSR count). The van der Waals surface area contributed by atoms with Crippen molar-refractivity contribution in [3.05, 3.63) is 64.1 Å². The number of carbonyl (C=O) groups is 1. The van der Waals surface area contributed by atoms with Gasteiger partial charge in [-0.25, -0.2) is 4.98 Å². The minimum absolute atomic E-state index is 0.113. The van der Waals surface area contributed by atoms with E-state index in [9.17, 15) is 9.59 Å². The fourth-order valence-electron chi connectivity index (χ4n) is 3.54. The number of pyridine rings is 2. The molecule has 0 aliphatic carbocycles. The first-order chi connectivity index (χ1) is 14.1. The molecule has 1 aliphatic heterocycles. The number of benzene rings is 1. The summed E-state index contributed by atoms with van der Waals surface area (Å²) in [6.07, 6.45) is 1.59. The Kier molecular flexibility index (Phi) is 5.31. The molecule has 2 aromatic heterocycles. The largest absolute Gasteiger partial charge is 0.378 e. The van der Waals surface area contributed by atoms with E-state index in [0.717, 1.165) is 37.7 Å². The third-order valence-corrected chi connectivity index (χ3v) is 5.15. The fraction of sp³-hybridized carbons (Fsp3) is 0.318. The molecule has 7 nitrogen and oxygen atoms in total. The summed E-state index contributed by atoms with van der Waals surface area (Å²) in [7, 11) is 0. The third-order valence-electron chi connectivity index (χ3n) is 5.15. The van der Waals surface area contributed by atoms with Gasteiger partial charge in [0.1, 0.15) is 11.2 Å². The second-order valence-electron chi connectivity index (χ2n) is 7.08. The van der Waals surface area contributed by atoms with Gasteiger partial charge >= 0.3 is 0 Å². The average Bonchev–Trinajstić information content (AvgIpc) is 2.75. The number of carbonyl (C=O) groups excluding carboxylic acids is 1. The van der Waals surface area contributed by atoms with Gasteiger partial charge in [-0.15, -0.1) is 0 Å². The Labute approximate surface area is 168 Å². The van der Waals surface area contributed by atoms with Gasteiger partial charge < -0.3 is 19.5 Å². The lowest BCUT2D eigenvalue weighted by Crippen LogP contribution is -2.36. The van der Waals surface area contributed by atoms with E-state index in [1.165, 1.54) is 0 Å². The van der Waals surface area contributed by atoms with Crippen LogP contribution in [0.4, 0.5) is 11.4 Å². The van der Waals surface area contributed by atoms with E-state index in [1.807, 2.05) is 42.7 Å². The van der Waals surface area contributed by atoms with Gasteiger partial charge in [0, 0.05) is 42.9 Å². The summed E-state index contributed by atoms with van der Waals surface area (Å²) in [5.74, 6) is -0.418. The lowest BCUT2D eigenvalue weighted by atomic mass is 10.1. The molecule has 1 aromatic carbocycles. The maximum Gasteiger partial charge on any atom is 0.261 e. The summed E-state index contributed by atoms with van der Waals surface area (Å²) in [6, 6.07) is 11.2. The number of nitrogens with one attached hydrogen (secondary N) is 1. The SMILES string of the molecule is CCn1cc(C(=O)Nc2ccc(N3CCOCC3)cc2)c(=O)c2ccc(C)nc21. The van der Waals surface area contributed by atoms with Gasteiger partial charge in [0.15, 0.2) is 0 Å². The van der Waals surface area contributed by atoms with Crippen LogP contribution in [0.3, 0.4) is 0 Å². The highest BCUT2D eigenvalue weighted by molar-refractivity contribution is 6.05. The maximum absolute atomic E-state index is 12.9. The lowest BCUT2D eigenvalue weighted by molar-refractivity contribution is 0.102. The number of nitrogens with zero attached hydrogens (tertiary/aromatic N) is 3. The van der Waals surface area contributed by atoms with Crippen LogP contribution in [0, 0.1) is 6.92 Å². The zero-order valence-electron chi connectivity index (χ0n) is 16.6. The quantitative estimate of drug-likeness (QED) is 0.739. The van der Waals surface area contributed by atoms with E-state index in [-0.39, 0.29) is 11.0 Å². The molecule has 1 fully saturated rings. The first-order valence-electron chi connectivity index (χ1n) is 9.81. The summed E-state index contributed by atoms with van der Waals surface area (Å²) in [5, 5.41) is 3.29. The van der Waals surface area contributed by atoms with Crippen LogP contribution in [0.1, 0.15) is 23.0 Å². The molecule has 0 unspecified atom stereocenters. The highest BCUT2D eigenvalue weighted by Gasteiger charge is 2.17. The first-order valence-corrected chi connectivity index (χ1v) is 9.81. The molecule has 3 aromatic rings. The second kappa shape index (κ2) is 8.05. The van der Waals surface area contributed by atoms with Crippen molar-refractivity contribution in [2.45, 2.75) is 20.4 Å². The monoisotopic (exact) mass is 392 g/mol. The Morgan fingerprint density at radius 2 is 1.86 bits per heavy atom. The van der Waals surface area contributed by atoms with Crippen LogP contribution in [0.25, 0.3) is 11.0 Å². The van der Waals surface area contributed by atoms with Crippen molar-refractivity contribution in [1.82, 2.24) is 9.55 Å². The number of aryl methyl sites for hydroxylation is 2. The van der Waals surface area contributed by atoms with Crippen molar-refractivity contribution < 1.29 is 9.53 Å². The smallest absolute Gasteiger partial charge is 0.261 e. The molecule has 0 spiro atoms. The molecule has 1 N–H and O–H groups in total. The summed E-state index contributed by atoms with van der Waals surface area (Å²) < 4.78 is 7.21. The van der Waals surface area contributed by atoms with Crippen molar-refractivity contribution in [2.24, 2.45) is 0 Å². The highest BCUT2D eigenvalue weighted by Crippen LogP contribution is 2.19. The lowest BCUT2D eigenvalue weighted by Gasteiger charge is -2.28. The molecule has 1 aliphatic rings. The van der Waals surface area contributed by atoms with E-state index in [1.54, 1.807) is 18.3 Å². The summed E-state index contributed by atoms with van der Waals surface area (Å²) >= 11 is 0. The molecule has 7 heteroatoms. The molecule has 150 valence electrons. The summed E-state index contributed by atoms with van der Waals surface area (Å²) in [4.78, 5) is 32.4. The van der Waals surface area contributed by atoms with Crippen LogP contribution in [0.5, 0.6) is 0 Å². The Morgan fingerprint density at radius 1 is 1.14 bits per heavy atom. The summed E-state index contributed by atoms with van der Waals surface area (Å²) in [6.45, 7) is 7.60. The minimum atomic E-state index is -0.418. The molecule has 3 heterocycles. The Hall–Kier alpha value is -3.19. The molecular formula is C22H24N4O3. The van der Waals surface area contributed by atoms with Crippen LogP contribution < -0.4 is 15.6 Å². The highest BCUT2D eigenvalue weighted by atomic mass is 16.5. The number of hydrogen-bond donors (Lipinski definition) is 1. The van der Waals surface area contributed by atoms with Crippen LogP contribution >= 0.6 is 0 Å². The van der Waals surface area contributed by atoms with Gasteiger partial charge in [-0.05, 0) is 50.2 Å². The number of morpholine rings is 1. The number of aromatic nitrogens is 2. The van der Waals surface area contributed by atoms with Gasteiger partial charge in [-0.1, -0.05) is 0 Å².